The van der Waals surface area contributed by atoms with Gasteiger partial charge in [0.1, 0.15) is 6.04 Å². The molecule has 1 aliphatic heterocycles. The molecule has 0 unspecified atom stereocenters. The predicted molar refractivity (Wildman–Crippen MR) is 154 cm³/mol. The summed E-state index contributed by atoms with van der Waals surface area (Å²) in [5.74, 6) is 0.788. The lowest BCUT2D eigenvalue weighted by molar-refractivity contribution is -0.134. The molecule has 5 rings (SSSR count). The number of hydrogen-bond donors (Lipinski definition) is 1. The molecule has 3 atom stereocenters. The molecule has 1 saturated heterocycles. The number of carbonyl (C=O) groups is 2. The third-order valence-electron chi connectivity index (χ3n) is 8.15. The van der Waals surface area contributed by atoms with E-state index in [9.17, 15) is 18.0 Å². The van der Waals surface area contributed by atoms with Crippen molar-refractivity contribution in [2.75, 3.05) is 32.4 Å². The monoisotopic (exact) mass is 547 g/mol. The summed E-state index contributed by atoms with van der Waals surface area (Å²) in [7, 11) is -3.29. The van der Waals surface area contributed by atoms with Gasteiger partial charge < -0.3 is 10.2 Å². The van der Waals surface area contributed by atoms with Crippen molar-refractivity contribution in [1.29, 1.82) is 0 Å². The quantitative estimate of drug-likeness (QED) is 0.432. The second kappa shape index (κ2) is 11.5. The van der Waals surface area contributed by atoms with Gasteiger partial charge in [-0.05, 0) is 60.4 Å². The second-order valence-electron chi connectivity index (χ2n) is 11.0. The molecule has 0 bridgehead atoms. The number of sulfonamides is 1. The van der Waals surface area contributed by atoms with E-state index >= 15 is 0 Å². The van der Waals surface area contributed by atoms with Crippen molar-refractivity contribution in [3.05, 3.63) is 83.4 Å². The predicted octanol–water partition coefficient (Wildman–Crippen LogP) is 4.32. The molecule has 0 aromatic heterocycles. The molecular weight excluding hydrogens is 510 g/mol. The molecule has 3 aromatic rings. The minimum atomic E-state index is -3.29. The number of benzene rings is 3. The maximum Gasteiger partial charge on any atom is 0.252 e. The Morgan fingerprint density at radius 2 is 1.64 bits per heavy atom. The highest BCUT2D eigenvalue weighted by molar-refractivity contribution is 7.88. The molecule has 1 aliphatic carbocycles. The van der Waals surface area contributed by atoms with Crippen molar-refractivity contribution >= 4 is 32.6 Å². The Labute approximate surface area is 231 Å². The SMILES string of the molecule is Cc1ccc([C@@H]2C[C@H]2CCC[C@H](NC(=O)c2cccc3ccccc23)C(=O)N2CCN(S(C)(=O)=O)CC2)cc1. The minimum Gasteiger partial charge on any atom is -0.340 e. The van der Waals surface area contributed by atoms with E-state index in [2.05, 4.69) is 36.5 Å². The van der Waals surface area contributed by atoms with Crippen LogP contribution in [0.25, 0.3) is 10.8 Å². The van der Waals surface area contributed by atoms with E-state index < -0.39 is 16.1 Å². The zero-order chi connectivity index (χ0) is 27.6. The average Bonchev–Trinajstić information content (AvgIpc) is 3.71. The molecule has 2 aliphatic rings. The third kappa shape index (κ3) is 6.50. The number of nitrogens with zero attached hydrogens (tertiary/aromatic N) is 2. The topological polar surface area (TPSA) is 86.8 Å². The van der Waals surface area contributed by atoms with Gasteiger partial charge in [0.05, 0.1) is 6.26 Å². The summed E-state index contributed by atoms with van der Waals surface area (Å²) in [6, 6.07) is 21.4. The molecule has 206 valence electrons. The van der Waals surface area contributed by atoms with Gasteiger partial charge in [-0.25, -0.2) is 8.42 Å². The van der Waals surface area contributed by atoms with Gasteiger partial charge in [-0.3, -0.25) is 9.59 Å². The van der Waals surface area contributed by atoms with E-state index in [1.165, 1.54) is 21.7 Å². The molecule has 0 radical (unpaired) electrons. The first-order valence-electron chi connectivity index (χ1n) is 13.8. The van der Waals surface area contributed by atoms with Gasteiger partial charge in [0.15, 0.2) is 0 Å². The highest BCUT2D eigenvalue weighted by Crippen LogP contribution is 2.50. The van der Waals surface area contributed by atoms with Crippen molar-refractivity contribution in [1.82, 2.24) is 14.5 Å². The van der Waals surface area contributed by atoms with Crippen LogP contribution in [0.2, 0.25) is 0 Å². The lowest BCUT2D eigenvalue weighted by atomic mass is 10.0. The van der Waals surface area contributed by atoms with Crippen molar-refractivity contribution in [2.24, 2.45) is 5.92 Å². The van der Waals surface area contributed by atoms with Crippen molar-refractivity contribution in [3.63, 3.8) is 0 Å². The third-order valence-corrected chi connectivity index (χ3v) is 9.46. The summed E-state index contributed by atoms with van der Waals surface area (Å²) in [6.07, 6.45) is 4.76. The fraction of sp³-hybridized carbons (Fsp3) is 0.419. The Kier molecular flexibility index (Phi) is 8.05. The molecule has 39 heavy (non-hydrogen) atoms. The summed E-state index contributed by atoms with van der Waals surface area (Å²) in [4.78, 5) is 28.8. The van der Waals surface area contributed by atoms with Crippen LogP contribution >= 0.6 is 0 Å². The maximum absolute atomic E-state index is 13.6. The van der Waals surface area contributed by atoms with Crippen LogP contribution in [0.4, 0.5) is 0 Å². The Bertz CT molecular complexity index is 1440. The van der Waals surface area contributed by atoms with Gasteiger partial charge in [-0.1, -0.05) is 72.6 Å². The van der Waals surface area contributed by atoms with Crippen LogP contribution < -0.4 is 5.32 Å². The summed E-state index contributed by atoms with van der Waals surface area (Å²) in [6.45, 7) is 3.29. The van der Waals surface area contributed by atoms with Crippen LogP contribution in [0, 0.1) is 12.8 Å². The van der Waals surface area contributed by atoms with Crippen LogP contribution in [0.15, 0.2) is 66.7 Å². The molecular formula is C31H37N3O4S. The molecule has 7 nitrogen and oxygen atoms in total. The van der Waals surface area contributed by atoms with E-state index in [0.29, 0.717) is 36.9 Å². The minimum absolute atomic E-state index is 0.136. The van der Waals surface area contributed by atoms with Gasteiger partial charge in [0.2, 0.25) is 15.9 Å². The van der Waals surface area contributed by atoms with E-state index in [4.69, 9.17) is 0 Å². The second-order valence-corrected chi connectivity index (χ2v) is 13.0. The van der Waals surface area contributed by atoms with Crippen LogP contribution in [0.5, 0.6) is 0 Å². The maximum atomic E-state index is 13.6. The number of nitrogens with one attached hydrogen (secondary N) is 1. The Balaban J connectivity index is 1.26. The van der Waals surface area contributed by atoms with E-state index in [1.807, 2.05) is 36.4 Å². The number of aryl methyl sites for hydroxylation is 1. The normalized spacial score (nSPS) is 20.5. The first-order valence-corrected chi connectivity index (χ1v) is 15.6. The number of hydrogen-bond acceptors (Lipinski definition) is 4. The lowest BCUT2D eigenvalue weighted by Crippen LogP contribution is -2.55. The number of fused-ring (bicyclic) bond motifs is 1. The van der Waals surface area contributed by atoms with E-state index in [-0.39, 0.29) is 24.9 Å². The number of piperazine rings is 1. The van der Waals surface area contributed by atoms with Gasteiger partial charge in [-0.2, -0.15) is 4.31 Å². The van der Waals surface area contributed by atoms with Crippen molar-refractivity contribution in [3.8, 4) is 0 Å². The van der Waals surface area contributed by atoms with E-state index in [1.54, 1.807) is 11.0 Å². The Hall–Kier alpha value is -3.23. The summed E-state index contributed by atoms with van der Waals surface area (Å²) in [5, 5.41) is 4.87. The zero-order valence-electron chi connectivity index (χ0n) is 22.7. The number of carbonyl (C=O) groups excluding carboxylic acids is 2. The Morgan fingerprint density at radius 1 is 0.949 bits per heavy atom. The highest BCUT2D eigenvalue weighted by atomic mass is 32.2. The van der Waals surface area contributed by atoms with Crippen LogP contribution in [-0.4, -0.2) is 67.9 Å². The molecule has 3 aromatic carbocycles. The molecule has 8 heteroatoms. The van der Waals surface area contributed by atoms with Crippen LogP contribution in [-0.2, 0) is 14.8 Å². The van der Waals surface area contributed by atoms with Crippen molar-refractivity contribution in [2.45, 2.75) is 44.6 Å². The van der Waals surface area contributed by atoms with Gasteiger partial charge in [-0.15, -0.1) is 0 Å². The summed E-state index contributed by atoms with van der Waals surface area (Å²) >= 11 is 0. The van der Waals surface area contributed by atoms with Crippen LogP contribution in [0.1, 0.15) is 53.1 Å². The number of amides is 2. The van der Waals surface area contributed by atoms with Crippen LogP contribution in [0.3, 0.4) is 0 Å². The molecule has 1 saturated carbocycles. The average molecular weight is 548 g/mol. The first-order chi connectivity index (χ1) is 18.7. The Morgan fingerprint density at radius 3 is 2.36 bits per heavy atom. The number of rotatable bonds is 9. The van der Waals surface area contributed by atoms with Gasteiger partial charge in [0, 0.05) is 31.7 Å². The summed E-state index contributed by atoms with van der Waals surface area (Å²) < 4.78 is 25.3. The fourth-order valence-corrected chi connectivity index (χ4v) is 6.58. The standard InChI is InChI=1S/C31H37N3O4S/c1-22-13-15-24(16-14-22)28-21-25(28)9-6-12-29(31(36)33-17-19-34(20-18-33)39(2,37)38)32-30(35)27-11-5-8-23-7-3-4-10-26(23)27/h3-5,7-8,10-11,13-16,25,28-29H,6,9,12,17-21H2,1-2H3,(H,32,35)/t25-,28+,29+/m1/s1. The summed E-state index contributed by atoms with van der Waals surface area (Å²) in [5.41, 5.74) is 3.19. The fourth-order valence-electron chi connectivity index (χ4n) is 5.75. The lowest BCUT2D eigenvalue weighted by Gasteiger charge is -2.35. The first kappa shape index (κ1) is 27.3. The van der Waals surface area contributed by atoms with E-state index in [0.717, 1.165) is 30.0 Å². The smallest absolute Gasteiger partial charge is 0.252 e. The highest BCUT2D eigenvalue weighted by Gasteiger charge is 2.38. The molecule has 0 spiro atoms. The van der Waals surface area contributed by atoms with Gasteiger partial charge in [0.25, 0.3) is 5.91 Å². The van der Waals surface area contributed by atoms with Crippen molar-refractivity contribution < 1.29 is 18.0 Å². The molecule has 2 amide bonds. The molecule has 2 fully saturated rings. The molecule has 1 heterocycles. The molecule has 1 N–H and O–H groups in total. The zero-order valence-corrected chi connectivity index (χ0v) is 23.5. The largest absolute Gasteiger partial charge is 0.340 e. The van der Waals surface area contributed by atoms with Gasteiger partial charge >= 0.3 is 0 Å².